The number of rotatable bonds is 9. The van der Waals surface area contributed by atoms with Gasteiger partial charge in [0.1, 0.15) is 12.0 Å². The minimum Gasteiger partial charge on any atom is -0.481 e. The molecule has 4 N–H and O–H groups in total. The van der Waals surface area contributed by atoms with E-state index >= 15 is 0 Å². The number of halogens is 1. The molecule has 1 heterocycles. The minimum atomic E-state index is -1.45. The highest BCUT2D eigenvalue weighted by atomic mass is 35.5. The SMILES string of the molecule is CC(C)C[C@H](NCC(C(=O)O)C(=O)Nc1nc2ccc(Cl)cc2s1)C(=O)O. The summed E-state index contributed by atoms with van der Waals surface area (Å²) < 4.78 is 0.755. The van der Waals surface area contributed by atoms with Crippen molar-refractivity contribution in [2.45, 2.75) is 26.3 Å². The number of carbonyl (C=O) groups excluding carboxylic acids is 1. The number of carboxylic acids is 2. The molecule has 2 rings (SSSR count). The van der Waals surface area contributed by atoms with Gasteiger partial charge in [0.2, 0.25) is 5.91 Å². The number of benzene rings is 1. The third-order valence-electron chi connectivity index (χ3n) is 3.77. The topological polar surface area (TPSA) is 129 Å². The molecule has 2 aromatic rings. The number of nitrogens with zero attached hydrogens (tertiary/aromatic N) is 1. The number of amides is 1. The average Bonchev–Trinajstić information content (AvgIpc) is 2.94. The largest absolute Gasteiger partial charge is 0.481 e. The molecule has 0 aliphatic carbocycles. The van der Waals surface area contributed by atoms with Gasteiger partial charge in [-0.3, -0.25) is 14.4 Å². The van der Waals surface area contributed by atoms with Crippen LogP contribution in [0.1, 0.15) is 20.3 Å². The molecular weight excluding hydrogens is 394 g/mol. The maximum atomic E-state index is 12.4. The van der Waals surface area contributed by atoms with Crippen LogP contribution < -0.4 is 10.6 Å². The van der Waals surface area contributed by atoms with E-state index < -0.39 is 29.8 Å². The molecule has 0 aliphatic rings. The molecule has 0 saturated heterocycles. The summed E-state index contributed by atoms with van der Waals surface area (Å²) in [5.74, 6) is -4.55. The molecule has 1 amide bonds. The lowest BCUT2D eigenvalue weighted by Gasteiger charge is -2.19. The second-order valence-corrected chi connectivity index (χ2v) is 7.91. The fourth-order valence-electron chi connectivity index (χ4n) is 2.44. The molecule has 27 heavy (non-hydrogen) atoms. The van der Waals surface area contributed by atoms with Gasteiger partial charge < -0.3 is 20.8 Å². The van der Waals surface area contributed by atoms with Gasteiger partial charge in [-0.1, -0.05) is 36.8 Å². The maximum absolute atomic E-state index is 12.4. The summed E-state index contributed by atoms with van der Waals surface area (Å²) in [5.41, 5.74) is 0.632. The Morgan fingerprint density at radius 1 is 1.22 bits per heavy atom. The molecule has 2 atom stereocenters. The van der Waals surface area contributed by atoms with E-state index in [0.29, 0.717) is 17.0 Å². The maximum Gasteiger partial charge on any atom is 0.320 e. The van der Waals surface area contributed by atoms with E-state index in [1.54, 1.807) is 18.2 Å². The molecule has 146 valence electrons. The van der Waals surface area contributed by atoms with Gasteiger partial charge in [0.15, 0.2) is 5.13 Å². The quantitative estimate of drug-likeness (QED) is 0.465. The van der Waals surface area contributed by atoms with Gasteiger partial charge in [0.05, 0.1) is 10.2 Å². The number of carbonyl (C=O) groups is 3. The number of carboxylic acid groups (broad SMARTS) is 2. The third-order valence-corrected chi connectivity index (χ3v) is 4.94. The van der Waals surface area contributed by atoms with Crippen molar-refractivity contribution >= 4 is 56.1 Å². The second-order valence-electron chi connectivity index (χ2n) is 6.44. The van der Waals surface area contributed by atoms with Crippen LogP contribution in [0.4, 0.5) is 5.13 Å². The fourth-order valence-corrected chi connectivity index (χ4v) is 3.58. The highest BCUT2D eigenvalue weighted by molar-refractivity contribution is 7.22. The van der Waals surface area contributed by atoms with Gasteiger partial charge in [-0.2, -0.15) is 0 Å². The molecule has 1 aromatic carbocycles. The number of aromatic nitrogens is 1. The zero-order valence-corrected chi connectivity index (χ0v) is 16.3. The summed E-state index contributed by atoms with van der Waals surface area (Å²) in [6.45, 7) is 3.42. The van der Waals surface area contributed by atoms with E-state index in [2.05, 4.69) is 15.6 Å². The van der Waals surface area contributed by atoms with Gasteiger partial charge in [-0.05, 0) is 30.5 Å². The van der Waals surface area contributed by atoms with Crippen molar-refractivity contribution in [1.29, 1.82) is 0 Å². The zero-order valence-electron chi connectivity index (χ0n) is 14.7. The smallest absolute Gasteiger partial charge is 0.320 e. The molecule has 1 aromatic heterocycles. The van der Waals surface area contributed by atoms with Gasteiger partial charge in [0, 0.05) is 11.6 Å². The molecule has 1 unspecified atom stereocenters. The van der Waals surface area contributed by atoms with Crippen LogP contribution in [0.5, 0.6) is 0 Å². The lowest BCUT2D eigenvalue weighted by molar-refractivity contribution is -0.146. The third kappa shape index (κ3) is 5.88. The van der Waals surface area contributed by atoms with Crippen molar-refractivity contribution in [3.05, 3.63) is 23.2 Å². The van der Waals surface area contributed by atoms with E-state index in [4.69, 9.17) is 11.6 Å². The molecule has 0 fully saturated rings. The molecule has 10 heteroatoms. The van der Waals surface area contributed by atoms with Crippen molar-refractivity contribution < 1.29 is 24.6 Å². The molecule has 8 nitrogen and oxygen atoms in total. The molecule has 0 radical (unpaired) electrons. The van der Waals surface area contributed by atoms with Crippen LogP contribution in [0, 0.1) is 11.8 Å². The molecule has 0 bridgehead atoms. The average molecular weight is 414 g/mol. The van der Waals surface area contributed by atoms with Gasteiger partial charge in [-0.25, -0.2) is 4.98 Å². The highest BCUT2D eigenvalue weighted by Crippen LogP contribution is 2.28. The fraction of sp³-hybridized carbons (Fsp3) is 0.412. The predicted molar refractivity (Wildman–Crippen MR) is 103 cm³/mol. The van der Waals surface area contributed by atoms with Crippen molar-refractivity contribution in [3.63, 3.8) is 0 Å². The van der Waals surface area contributed by atoms with Crippen molar-refractivity contribution in [2.24, 2.45) is 11.8 Å². The summed E-state index contributed by atoms with van der Waals surface area (Å²) in [6, 6.07) is 4.14. The number of aliphatic carboxylic acids is 2. The lowest BCUT2D eigenvalue weighted by Crippen LogP contribution is -2.45. The standard InChI is InChI=1S/C17H20ClN3O5S/c1-8(2)5-12(16(25)26)19-7-10(15(23)24)14(22)21-17-20-11-4-3-9(18)6-13(11)27-17/h3-4,6,8,10,12,19H,5,7H2,1-2H3,(H,23,24)(H,25,26)(H,20,21,22)/t10?,12-/m0/s1. The number of fused-ring (bicyclic) bond motifs is 1. The van der Waals surface area contributed by atoms with Crippen LogP contribution in [0.2, 0.25) is 5.02 Å². The Morgan fingerprint density at radius 3 is 2.52 bits per heavy atom. The molecule has 0 spiro atoms. The van der Waals surface area contributed by atoms with Crippen LogP contribution in [0.25, 0.3) is 10.2 Å². The Labute approximate surface area is 164 Å². The number of anilines is 1. The van der Waals surface area contributed by atoms with Crippen LogP contribution in [-0.4, -0.2) is 45.6 Å². The minimum absolute atomic E-state index is 0.102. The van der Waals surface area contributed by atoms with Crippen LogP contribution in [0.3, 0.4) is 0 Å². The zero-order chi connectivity index (χ0) is 20.1. The highest BCUT2D eigenvalue weighted by Gasteiger charge is 2.29. The van der Waals surface area contributed by atoms with Crippen molar-refractivity contribution in [2.75, 3.05) is 11.9 Å². The predicted octanol–water partition coefficient (Wildman–Crippen LogP) is 2.68. The molecule has 0 aliphatic heterocycles. The van der Waals surface area contributed by atoms with Crippen molar-refractivity contribution in [3.8, 4) is 0 Å². The Hall–Kier alpha value is -2.23. The monoisotopic (exact) mass is 413 g/mol. The molecular formula is C17H20ClN3O5S. The number of hydrogen-bond acceptors (Lipinski definition) is 6. The molecule has 0 saturated carbocycles. The summed E-state index contributed by atoms with van der Waals surface area (Å²) >= 11 is 7.09. The summed E-state index contributed by atoms with van der Waals surface area (Å²) in [5, 5.41) is 24.5. The number of nitrogens with one attached hydrogen (secondary N) is 2. The van der Waals surface area contributed by atoms with Crippen molar-refractivity contribution in [1.82, 2.24) is 10.3 Å². The Bertz CT molecular complexity index is 854. The summed E-state index contributed by atoms with van der Waals surface area (Å²) in [4.78, 5) is 39.3. The summed E-state index contributed by atoms with van der Waals surface area (Å²) in [6.07, 6.45) is 0.321. The second kappa shape index (κ2) is 9.12. The van der Waals surface area contributed by atoms with Crippen LogP contribution in [0.15, 0.2) is 18.2 Å². The Balaban J connectivity index is 2.07. The van der Waals surface area contributed by atoms with E-state index in [0.717, 1.165) is 4.70 Å². The van der Waals surface area contributed by atoms with Gasteiger partial charge in [-0.15, -0.1) is 0 Å². The van der Waals surface area contributed by atoms with E-state index in [1.165, 1.54) is 11.3 Å². The first-order valence-electron chi connectivity index (χ1n) is 8.23. The van der Waals surface area contributed by atoms with E-state index in [1.807, 2.05) is 13.8 Å². The van der Waals surface area contributed by atoms with E-state index in [9.17, 15) is 24.6 Å². The Morgan fingerprint density at radius 2 is 1.93 bits per heavy atom. The van der Waals surface area contributed by atoms with Crippen LogP contribution in [-0.2, 0) is 14.4 Å². The van der Waals surface area contributed by atoms with E-state index in [-0.39, 0.29) is 17.6 Å². The normalized spacial score (nSPS) is 13.5. The van der Waals surface area contributed by atoms with Gasteiger partial charge >= 0.3 is 11.9 Å². The first-order chi connectivity index (χ1) is 12.7. The van der Waals surface area contributed by atoms with Gasteiger partial charge in [0.25, 0.3) is 0 Å². The first-order valence-corrected chi connectivity index (χ1v) is 9.42. The number of hydrogen-bond donors (Lipinski definition) is 4. The Kier molecular flexibility index (Phi) is 7.11. The number of thiazole rings is 1. The lowest BCUT2D eigenvalue weighted by atomic mass is 10.0. The van der Waals surface area contributed by atoms with Crippen LogP contribution >= 0.6 is 22.9 Å². The summed E-state index contributed by atoms with van der Waals surface area (Å²) in [7, 11) is 0. The first kappa shape index (κ1) is 21.1.